The predicted molar refractivity (Wildman–Crippen MR) is 85.3 cm³/mol. The maximum absolute atomic E-state index is 13.2. The standard InChI is InChI=1S/C18H19FN2O3/c1-12-5-6-15(24-12)11-21-16(7-8-17(21)22)18(23)20-10-13-3-2-4-14(19)9-13/h2-6,9,16H,7-8,10-11H2,1H3,(H,20,23). The zero-order valence-corrected chi connectivity index (χ0v) is 13.4. The minimum atomic E-state index is -0.517. The summed E-state index contributed by atoms with van der Waals surface area (Å²) in [6.45, 7) is 2.35. The number of furan rings is 1. The van der Waals surface area contributed by atoms with Crippen LogP contribution in [0.25, 0.3) is 0 Å². The van der Waals surface area contributed by atoms with Crippen LogP contribution in [-0.2, 0) is 22.7 Å². The summed E-state index contributed by atoms with van der Waals surface area (Å²) < 4.78 is 18.7. The van der Waals surface area contributed by atoms with E-state index in [0.717, 1.165) is 5.76 Å². The summed E-state index contributed by atoms with van der Waals surface area (Å²) in [4.78, 5) is 26.0. The van der Waals surface area contributed by atoms with Crippen molar-refractivity contribution in [3.8, 4) is 0 Å². The summed E-state index contributed by atoms with van der Waals surface area (Å²) in [6, 6.07) is 9.19. The molecule has 0 bridgehead atoms. The van der Waals surface area contributed by atoms with Gasteiger partial charge in [-0.15, -0.1) is 0 Å². The fourth-order valence-electron chi connectivity index (χ4n) is 2.90. The number of benzene rings is 1. The first-order chi connectivity index (χ1) is 11.5. The number of aryl methyl sites for hydroxylation is 1. The molecule has 1 unspecified atom stereocenters. The summed E-state index contributed by atoms with van der Waals surface area (Å²) in [5, 5.41) is 2.78. The highest BCUT2D eigenvalue weighted by atomic mass is 19.1. The molecule has 0 radical (unpaired) electrons. The van der Waals surface area contributed by atoms with Gasteiger partial charge in [-0.25, -0.2) is 4.39 Å². The lowest BCUT2D eigenvalue weighted by molar-refractivity contribution is -0.136. The number of likely N-dealkylation sites (tertiary alicyclic amines) is 1. The number of hydrogen-bond donors (Lipinski definition) is 1. The van der Waals surface area contributed by atoms with Crippen molar-refractivity contribution in [3.63, 3.8) is 0 Å². The van der Waals surface area contributed by atoms with Crippen LogP contribution in [0.2, 0.25) is 0 Å². The van der Waals surface area contributed by atoms with Crippen LogP contribution in [0, 0.1) is 12.7 Å². The largest absolute Gasteiger partial charge is 0.464 e. The van der Waals surface area contributed by atoms with E-state index in [1.807, 2.05) is 19.1 Å². The Kier molecular flexibility index (Phi) is 4.64. The van der Waals surface area contributed by atoms with Crippen LogP contribution in [0.3, 0.4) is 0 Å². The number of nitrogens with one attached hydrogen (secondary N) is 1. The van der Waals surface area contributed by atoms with Gasteiger partial charge in [0.2, 0.25) is 11.8 Å². The molecule has 2 aromatic rings. The quantitative estimate of drug-likeness (QED) is 0.916. The molecule has 1 aromatic carbocycles. The Bertz CT molecular complexity index is 756. The smallest absolute Gasteiger partial charge is 0.243 e. The second-order valence-electron chi connectivity index (χ2n) is 5.94. The topological polar surface area (TPSA) is 62.6 Å². The average molecular weight is 330 g/mol. The summed E-state index contributed by atoms with van der Waals surface area (Å²) in [6.07, 6.45) is 0.825. The highest BCUT2D eigenvalue weighted by Crippen LogP contribution is 2.22. The van der Waals surface area contributed by atoms with Gasteiger partial charge in [0.25, 0.3) is 0 Å². The predicted octanol–water partition coefficient (Wildman–Crippen LogP) is 2.53. The summed E-state index contributed by atoms with van der Waals surface area (Å²) in [5.74, 6) is 0.797. The van der Waals surface area contributed by atoms with Gasteiger partial charge in [0.15, 0.2) is 0 Å². The van der Waals surface area contributed by atoms with E-state index in [1.165, 1.54) is 12.1 Å². The van der Waals surface area contributed by atoms with Gasteiger partial charge < -0.3 is 14.6 Å². The van der Waals surface area contributed by atoms with Crippen molar-refractivity contribution in [3.05, 3.63) is 59.3 Å². The molecule has 24 heavy (non-hydrogen) atoms. The molecular weight excluding hydrogens is 311 g/mol. The van der Waals surface area contributed by atoms with Gasteiger partial charge in [-0.05, 0) is 43.2 Å². The third-order valence-corrected chi connectivity index (χ3v) is 4.11. The molecule has 0 saturated carbocycles. The maximum Gasteiger partial charge on any atom is 0.243 e. The molecule has 1 fully saturated rings. The van der Waals surface area contributed by atoms with Crippen molar-refractivity contribution in [2.75, 3.05) is 0 Å². The first-order valence-electron chi connectivity index (χ1n) is 7.90. The third-order valence-electron chi connectivity index (χ3n) is 4.11. The molecule has 1 atom stereocenters. The minimum absolute atomic E-state index is 0.0602. The lowest BCUT2D eigenvalue weighted by Crippen LogP contribution is -2.44. The van der Waals surface area contributed by atoms with E-state index in [4.69, 9.17) is 4.42 Å². The van der Waals surface area contributed by atoms with Gasteiger partial charge in [0.05, 0.1) is 6.54 Å². The van der Waals surface area contributed by atoms with E-state index in [9.17, 15) is 14.0 Å². The van der Waals surface area contributed by atoms with Crippen molar-refractivity contribution in [2.45, 2.75) is 38.9 Å². The fourth-order valence-corrected chi connectivity index (χ4v) is 2.90. The summed E-state index contributed by atoms with van der Waals surface area (Å²) >= 11 is 0. The van der Waals surface area contributed by atoms with E-state index in [2.05, 4.69) is 5.32 Å². The van der Waals surface area contributed by atoms with E-state index >= 15 is 0 Å². The normalized spacial score (nSPS) is 17.3. The lowest BCUT2D eigenvalue weighted by atomic mass is 10.2. The van der Waals surface area contributed by atoms with Gasteiger partial charge in [-0.1, -0.05) is 12.1 Å². The van der Waals surface area contributed by atoms with E-state index in [1.54, 1.807) is 17.0 Å². The lowest BCUT2D eigenvalue weighted by Gasteiger charge is -2.23. The average Bonchev–Trinajstić information content (AvgIpc) is 3.12. The molecule has 3 rings (SSSR count). The molecule has 0 aliphatic carbocycles. The monoisotopic (exact) mass is 330 g/mol. The van der Waals surface area contributed by atoms with Crippen LogP contribution in [0.4, 0.5) is 4.39 Å². The van der Waals surface area contributed by atoms with Crippen LogP contribution < -0.4 is 5.32 Å². The van der Waals surface area contributed by atoms with Crippen molar-refractivity contribution < 1.29 is 18.4 Å². The first-order valence-corrected chi connectivity index (χ1v) is 7.90. The Hall–Kier alpha value is -2.63. The second-order valence-corrected chi connectivity index (χ2v) is 5.94. The number of amides is 2. The SMILES string of the molecule is Cc1ccc(CN2C(=O)CCC2C(=O)NCc2cccc(F)c2)o1. The molecule has 1 aliphatic heterocycles. The second kappa shape index (κ2) is 6.86. The molecule has 0 spiro atoms. The van der Waals surface area contributed by atoms with Crippen molar-refractivity contribution in [1.29, 1.82) is 0 Å². The van der Waals surface area contributed by atoms with Gasteiger partial charge in [-0.2, -0.15) is 0 Å². The number of carbonyl (C=O) groups excluding carboxylic acids is 2. The van der Waals surface area contributed by atoms with Gasteiger partial charge >= 0.3 is 0 Å². The third kappa shape index (κ3) is 3.64. The number of rotatable bonds is 5. The molecule has 5 nitrogen and oxygen atoms in total. The van der Waals surface area contributed by atoms with E-state index in [0.29, 0.717) is 24.2 Å². The highest BCUT2D eigenvalue weighted by Gasteiger charge is 2.36. The number of carbonyl (C=O) groups is 2. The van der Waals surface area contributed by atoms with Crippen LogP contribution in [0.5, 0.6) is 0 Å². The Morgan fingerprint density at radius 3 is 2.92 bits per heavy atom. The first kappa shape index (κ1) is 16.2. The Labute approximate surface area is 139 Å². The van der Waals surface area contributed by atoms with Crippen LogP contribution in [0.1, 0.15) is 29.9 Å². The van der Waals surface area contributed by atoms with Crippen molar-refractivity contribution in [2.24, 2.45) is 0 Å². The Morgan fingerprint density at radius 1 is 1.38 bits per heavy atom. The molecule has 126 valence electrons. The number of nitrogens with zero attached hydrogens (tertiary/aromatic N) is 1. The molecular formula is C18H19FN2O3. The fraction of sp³-hybridized carbons (Fsp3) is 0.333. The highest BCUT2D eigenvalue weighted by molar-refractivity contribution is 5.90. The number of hydrogen-bond acceptors (Lipinski definition) is 3. The summed E-state index contributed by atoms with van der Waals surface area (Å²) in [7, 11) is 0. The maximum atomic E-state index is 13.2. The van der Waals surface area contributed by atoms with Crippen molar-refractivity contribution >= 4 is 11.8 Å². The molecule has 1 N–H and O–H groups in total. The Morgan fingerprint density at radius 2 is 2.21 bits per heavy atom. The molecule has 6 heteroatoms. The van der Waals surface area contributed by atoms with Crippen LogP contribution in [0.15, 0.2) is 40.8 Å². The van der Waals surface area contributed by atoms with Crippen molar-refractivity contribution in [1.82, 2.24) is 10.2 Å². The zero-order valence-electron chi connectivity index (χ0n) is 13.4. The van der Waals surface area contributed by atoms with Gasteiger partial charge in [0, 0.05) is 13.0 Å². The van der Waals surface area contributed by atoms with E-state index in [-0.39, 0.29) is 30.7 Å². The zero-order chi connectivity index (χ0) is 17.1. The summed E-state index contributed by atoms with van der Waals surface area (Å²) in [5.41, 5.74) is 0.681. The molecule has 1 saturated heterocycles. The van der Waals surface area contributed by atoms with Crippen LogP contribution in [-0.4, -0.2) is 22.8 Å². The molecule has 1 aromatic heterocycles. The molecule has 1 aliphatic rings. The number of halogens is 1. The molecule has 2 amide bonds. The van der Waals surface area contributed by atoms with E-state index < -0.39 is 6.04 Å². The van der Waals surface area contributed by atoms with Gasteiger partial charge in [-0.3, -0.25) is 9.59 Å². The molecule has 2 heterocycles. The minimum Gasteiger partial charge on any atom is -0.464 e. The van der Waals surface area contributed by atoms with Crippen LogP contribution >= 0.6 is 0 Å². The Balaban J connectivity index is 1.63. The van der Waals surface area contributed by atoms with Gasteiger partial charge in [0.1, 0.15) is 23.4 Å².